The first-order valence-corrected chi connectivity index (χ1v) is 13.0. The number of Topliss-reactive ketones (excluding diaryl/α,β-unsaturated/α-hetero) is 1. The number of aromatic nitrogens is 4. The van der Waals surface area contributed by atoms with E-state index < -0.39 is 53.0 Å². The van der Waals surface area contributed by atoms with Gasteiger partial charge < -0.3 is 19.1 Å². The molecule has 0 saturated heterocycles. The zero-order valence-electron chi connectivity index (χ0n) is 24.6. The molecular formula is C28H33F2N6O7+. The van der Waals surface area contributed by atoms with E-state index in [1.165, 1.54) is 42.2 Å². The number of halogens is 2. The summed E-state index contributed by atoms with van der Waals surface area (Å²) in [6.45, 7) is 5.70. The summed E-state index contributed by atoms with van der Waals surface area (Å²) in [5, 5.41) is 4.01. The normalized spacial score (nSPS) is 11.8. The van der Waals surface area contributed by atoms with Crippen LogP contribution in [0.25, 0.3) is 0 Å². The van der Waals surface area contributed by atoms with Crippen molar-refractivity contribution in [1.82, 2.24) is 19.7 Å². The number of amides is 2. The smallest absolute Gasteiger partial charge is 0.418 e. The summed E-state index contributed by atoms with van der Waals surface area (Å²) < 4.78 is 45.9. The third-order valence-corrected chi connectivity index (χ3v) is 5.74. The molecule has 1 atom stereocenters. The van der Waals surface area contributed by atoms with Crippen LogP contribution in [0.5, 0.6) is 0 Å². The zero-order chi connectivity index (χ0) is 31.9. The van der Waals surface area contributed by atoms with Crippen molar-refractivity contribution in [2.75, 3.05) is 25.5 Å². The first-order chi connectivity index (χ1) is 20.1. The average molecular weight is 604 g/mol. The van der Waals surface area contributed by atoms with Gasteiger partial charge in [-0.3, -0.25) is 14.5 Å². The van der Waals surface area contributed by atoms with Gasteiger partial charge >= 0.3 is 18.2 Å². The SMILES string of the molecule is CC(OC(=O)N(C)c1ncccc1COC(=O)CN(C)C(=O)OC(C)(C)C)[n+]1cnn(CC(=O)c2cc(F)ccc2F)c1. The Morgan fingerprint density at radius 2 is 1.81 bits per heavy atom. The van der Waals surface area contributed by atoms with Crippen molar-refractivity contribution in [2.45, 2.75) is 52.7 Å². The summed E-state index contributed by atoms with van der Waals surface area (Å²) in [7, 11) is 2.82. The van der Waals surface area contributed by atoms with Crippen molar-refractivity contribution >= 4 is 29.8 Å². The summed E-state index contributed by atoms with van der Waals surface area (Å²) in [4.78, 5) is 56.2. The number of benzene rings is 1. The topological polar surface area (TPSA) is 137 Å². The van der Waals surface area contributed by atoms with Crippen LogP contribution in [0.15, 0.2) is 49.2 Å². The fourth-order valence-corrected chi connectivity index (χ4v) is 3.57. The average Bonchev–Trinajstić information content (AvgIpc) is 3.40. The molecule has 3 aromatic rings. The van der Waals surface area contributed by atoms with E-state index in [1.54, 1.807) is 39.8 Å². The van der Waals surface area contributed by atoms with Crippen LogP contribution in [-0.2, 0) is 32.2 Å². The number of hydrogen-bond donors (Lipinski definition) is 0. The number of ketones is 1. The van der Waals surface area contributed by atoms with E-state index in [1.807, 2.05) is 0 Å². The Labute approximate surface area is 246 Å². The fraction of sp³-hybridized carbons (Fsp3) is 0.393. The molecule has 1 aromatic carbocycles. The van der Waals surface area contributed by atoms with Crippen LogP contribution in [0, 0.1) is 11.6 Å². The largest absolute Gasteiger partial charge is 0.459 e. The molecule has 2 heterocycles. The highest BCUT2D eigenvalue weighted by Crippen LogP contribution is 2.19. The molecule has 0 aliphatic heterocycles. The Hall–Kier alpha value is -4.95. The van der Waals surface area contributed by atoms with Gasteiger partial charge in [0.25, 0.3) is 6.33 Å². The molecule has 0 aliphatic rings. The Bertz CT molecular complexity index is 1490. The van der Waals surface area contributed by atoms with E-state index in [0.29, 0.717) is 5.56 Å². The van der Waals surface area contributed by atoms with Gasteiger partial charge in [0.05, 0.1) is 5.56 Å². The monoisotopic (exact) mass is 603 g/mol. The van der Waals surface area contributed by atoms with Gasteiger partial charge in [-0.05, 0) is 45.0 Å². The molecule has 0 bridgehead atoms. The summed E-state index contributed by atoms with van der Waals surface area (Å²) in [5.74, 6) is -2.83. The number of ether oxygens (including phenoxy) is 3. The predicted octanol–water partition coefficient (Wildman–Crippen LogP) is 3.43. The first-order valence-electron chi connectivity index (χ1n) is 13.0. The maximum absolute atomic E-state index is 13.9. The fourth-order valence-electron chi connectivity index (χ4n) is 3.57. The lowest BCUT2D eigenvalue weighted by atomic mass is 10.1. The number of nitrogens with zero attached hydrogens (tertiary/aromatic N) is 6. The van der Waals surface area contributed by atoms with Crippen LogP contribution in [0.4, 0.5) is 24.2 Å². The van der Waals surface area contributed by atoms with E-state index in [-0.39, 0.29) is 25.5 Å². The van der Waals surface area contributed by atoms with Crippen molar-refractivity contribution in [3.8, 4) is 0 Å². The van der Waals surface area contributed by atoms with Gasteiger partial charge in [0.2, 0.25) is 18.3 Å². The number of anilines is 1. The second kappa shape index (κ2) is 13.8. The molecule has 0 N–H and O–H groups in total. The minimum Gasteiger partial charge on any atom is -0.459 e. The highest BCUT2D eigenvalue weighted by molar-refractivity contribution is 5.96. The summed E-state index contributed by atoms with van der Waals surface area (Å²) in [6.07, 6.45) is 1.74. The van der Waals surface area contributed by atoms with Gasteiger partial charge in [0, 0.05) is 37.9 Å². The van der Waals surface area contributed by atoms with Crippen LogP contribution < -0.4 is 9.47 Å². The molecule has 3 rings (SSSR count). The van der Waals surface area contributed by atoms with E-state index in [0.717, 1.165) is 28.0 Å². The second-order valence-electron chi connectivity index (χ2n) is 10.5. The number of pyridine rings is 1. The van der Waals surface area contributed by atoms with Crippen molar-refractivity contribution in [2.24, 2.45) is 0 Å². The van der Waals surface area contributed by atoms with Gasteiger partial charge in [-0.15, -0.1) is 4.68 Å². The number of carbonyl (C=O) groups is 4. The summed E-state index contributed by atoms with van der Waals surface area (Å²) in [5.41, 5.74) is -0.735. The third kappa shape index (κ3) is 9.28. The highest BCUT2D eigenvalue weighted by atomic mass is 19.1. The number of rotatable bonds is 10. The molecular weight excluding hydrogens is 570 g/mol. The standard InChI is InChI=1S/C28H33F2N6O7/c1-18(35-16-32-36(17-35)13-23(37)21-12-20(29)9-10-22(21)30)42-27(40)34(6)25-19(8-7-11-31-25)15-41-24(38)14-33(5)26(39)43-28(2,3)4/h7-12,16-18H,13-15H2,1-6H3/q+1. The van der Waals surface area contributed by atoms with Crippen LogP contribution in [0.2, 0.25) is 0 Å². The number of esters is 1. The maximum atomic E-state index is 13.9. The Morgan fingerprint density at radius 3 is 2.51 bits per heavy atom. The lowest BCUT2D eigenvalue weighted by Gasteiger charge is -2.24. The molecule has 2 amide bonds. The van der Waals surface area contributed by atoms with E-state index in [2.05, 4.69) is 10.1 Å². The van der Waals surface area contributed by atoms with Crippen LogP contribution in [0.1, 0.15) is 49.8 Å². The molecule has 43 heavy (non-hydrogen) atoms. The molecule has 0 radical (unpaired) electrons. The summed E-state index contributed by atoms with van der Waals surface area (Å²) in [6, 6.07) is 5.80. The molecule has 0 fully saturated rings. The van der Waals surface area contributed by atoms with Crippen molar-refractivity contribution in [3.05, 3.63) is 71.9 Å². The number of carbonyl (C=O) groups excluding carboxylic acids is 4. The molecule has 13 nitrogen and oxygen atoms in total. The quantitative estimate of drug-likeness (QED) is 0.148. The van der Waals surface area contributed by atoms with Gasteiger partial charge in [-0.2, -0.15) is 4.57 Å². The molecule has 0 aliphatic carbocycles. The van der Waals surface area contributed by atoms with Crippen LogP contribution >= 0.6 is 0 Å². The first kappa shape index (κ1) is 32.6. The predicted molar refractivity (Wildman–Crippen MR) is 146 cm³/mol. The van der Waals surface area contributed by atoms with Crippen molar-refractivity contribution in [1.29, 1.82) is 0 Å². The molecule has 1 unspecified atom stereocenters. The van der Waals surface area contributed by atoms with Crippen molar-refractivity contribution < 1.29 is 46.7 Å². The zero-order valence-corrected chi connectivity index (χ0v) is 24.6. The van der Waals surface area contributed by atoms with Gasteiger partial charge in [0.1, 0.15) is 36.2 Å². The minimum atomic E-state index is -0.891. The molecule has 230 valence electrons. The Balaban J connectivity index is 1.58. The Morgan fingerprint density at radius 1 is 1.09 bits per heavy atom. The van der Waals surface area contributed by atoms with Gasteiger partial charge in [0.15, 0.2) is 6.54 Å². The molecule has 0 spiro atoms. The van der Waals surface area contributed by atoms with E-state index in [9.17, 15) is 28.0 Å². The van der Waals surface area contributed by atoms with E-state index in [4.69, 9.17) is 14.2 Å². The lowest BCUT2D eigenvalue weighted by molar-refractivity contribution is -0.753. The highest BCUT2D eigenvalue weighted by Gasteiger charge is 2.25. The second-order valence-corrected chi connectivity index (χ2v) is 10.5. The minimum absolute atomic E-state index is 0.163. The molecule has 15 heteroatoms. The number of likely N-dealkylation sites (N-methyl/N-ethyl adjacent to an activating group) is 1. The molecule has 2 aromatic heterocycles. The van der Waals surface area contributed by atoms with Crippen molar-refractivity contribution in [3.63, 3.8) is 0 Å². The van der Waals surface area contributed by atoms with Crippen LogP contribution in [-0.4, -0.2) is 69.8 Å². The van der Waals surface area contributed by atoms with Gasteiger partial charge in [-0.1, -0.05) is 6.07 Å². The van der Waals surface area contributed by atoms with Gasteiger partial charge in [-0.25, -0.2) is 23.4 Å². The Kier molecular flexibility index (Phi) is 10.5. The lowest BCUT2D eigenvalue weighted by Crippen LogP contribution is -2.41. The molecule has 0 saturated carbocycles. The summed E-state index contributed by atoms with van der Waals surface area (Å²) >= 11 is 0. The third-order valence-electron chi connectivity index (χ3n) is 5.74. The van der Waals surface area contributed by atoms with Crippen LogP contribution in [0.3, 0.4) is 0 Å². The van der Waals surface area contributed by atoms with E-state index >= 15 is 0 Å². The maximum Gasteiger partial charge on any atom is 0.418 e. The number of hydrogen-bond acceptors (Lipinski definition) is 9.